The number of allylic oxidation sites excluding steroid dienone is 1. The zero-order valence-electron chi connectivity index (χ0n) is 7.75. The molecule has 0 aromatic rings. The van der Waals surface area contributed by atoms with Crippen LogP contribution in [0.3, 0.4) is 0 Å². The molecule has 0 aromatic carbocycles. The average Bonchev–Trinajstić information content (AvgIpc) is 2.10. The van der Waals surface area contributed by atoms with Crippen molar-refractivity contribution in [3.05, 3.63) is 12.3 Å². The first-order valence-corrected chi connectivity index (χ1v) is 4.37. The minimum atomic E-state index is -1.46. The zero-order chi connectivity index (χ0) is 10.1. The maximum atomic E-state index is 10.5. The molecule has 0 saturated heterocycles. The minimum Gasteiger partial charge on any atom is -0.474 e. The van der Waals surface area contributed by atoms with Gasteiger partial charge in [0.15, 0.2) is 0 Å². The largest absolute Gasteiger partial charge is 0.474 e. The van der Waals surface area contributed by atoms with Gasteiger partial charge in [0.25, 0.3) is 0 Å². The van der Waals surface area contributed by atoms with Gasteiger partial charge in [0.2, 0.25) is 0 Å². The summed E-state index contributed by atoms with van der Waals surface area (Å²) in [6, 6.07) is 0. The Kier molecular flexibility index (Phi) is 6.59. The minimum absolute atomic E-state index is 0.869. The number of rotatable bonds is 5. The summed E-state index contributed by atoms with van der Waals surface area (Å²) < 4.78 is 0. The van der Waals surface area contributed by atoms with Gasteiger partial charge < -0.3 is 10.4 Å². The highest BCUT2D eigenvalue weighted by Gasteiger charge is 2.06. The summed E-state index contributed by atoms with van der Waals surface area (Å²) in [7, 11) is 0. The molecule has 13 heavy (non-hydrogen) atoms. The van der Waals surface area contributed by atoms with Gasteiger partial charge in [0.1, 0.15) is 0 Å². The zero-order valence-corrected chi connectivity index (χ0v) is 7.75. The number of carboxylic acid groups (broad SMARTS) is 1. The van der Waals surface area contributed by atoms with E-state index in [0.29, 0.717) is 0 Å². The van der Waals surface area contributed by atoms with Gasteiger partial charge in [-0.15, -0.1) is 0 Å². The maximum absolute atomic E-state index is 10.5. The van der Waals surface area contributed by atoms with Crippen LogP contribution in [0.4, 0.5) is 0 Å². The summed E-state index contributed by atoms with van der Waals surface area (Å²) in [5.41, 5.74) is 0. The fraction of sp³-hybridized carbons (Fsp3) is 0.556. The first kappa shape index (κ1) is 11.7. The monoisotopic (exact) mass is 185 g/mol. The van der Waals surface area contributed by atoms with E-state index < -0.39 is 11.9 Å². The summed E-state index contributed by atoms with van der Waals surface area (Å²) >= 11 is 0. The molecule has 0 fully saturated rings. The highest BCUT2D eigenvalue weighted by atomic mass is 16.4. The summed E-state index contributed by atoms with van der Waals surface area (Å²) in [6.45, 7) is 2.11. The first-order chi connectivity index (χ1) is 6.18. The number of hydrogen-bond acceptors (Lipinski definition) is 2. The number of carboxylic acids is 1. The summed E-state index contributed by atoms with van der Waals surface area (Å²) in [4.78, 5) is 20.5. The molecule has 0 aliphatic carbocycles. The molecule has 0 bridgehead atoms. The second-order valence-corrected chi connectivity index (χ2v) is 2.68. The lowest BCUT2D eigenvalue weighted by Gasteiger charge is -1.93. The van der Waals surface area contributed by atoms with Gasteiger partial charge in [0, 0.05) is 6.20 Å². The predicted octanol–water partition coefficient (Wildman–Crippen LogP) is 1.28. The lowest BCUT2D eigenvalue weighted by Crippen LogP contribution is -2.25. The van der Waals surface area contributed by atoms with Crippen LogP contribution in [0.2, 0.25) is 0 Å². The van der Waals surface area contributed by atoms with Gasteiger partial charge in [-0.1, -0.05) is 25.8 Å². The SMILES string of the molecule is CCCCC/C=C/NC(=O)C(=O)O. The fourth-order valence-corrected chi connectivity index (χ4v) is 0.792. The molecule has 0 saturated carbocycles. The molecular formula is C9H15NO3. The lowest BCUT2D eigenvalue weighted by molar-refractivity contribution is -0.149. The number of carbonyl (C=O) groups excluding carboxylic acids is 1. The van der Waals surface area contributed by atoms with E-state index in [1.165, 1.54) is 6.20 Å². The van der Waals surface area contributed by atoms with E-state index in [1.807, 2.05) is 0 Å². The normalized spacial score (nSPS) is 10.2. The molecule has 0 aromatic heterocycles. The molecule has 0 unspecified atom stereocenters. The summed E-state index contributed by atoms with van der Waals surface area (Å²) in [5.74, 6) is -2.45. The number of unbranched alkanes of at least 4 members (excludes halogenated alkanes) is 3. The van der Waals surface area contributed by atoms with Crippen molar-refractivity contribution < 1.29 is 14.7 Å². The molecular weight excluding hydrogens is 170 g/mol. The van der Waals surface area contributed by atoms with E-state index in [9.17, 15) is 9.59 Å². The number of nitrogens with one attached hydrogen (secondary N) is 1. The van der Waals surface area contributed by atoms with Crippen LogP contribution >= 0.6 is 0 Å². The average molecular weight is 185 g/mol. The molecule has 0 heterocycles. The van der Waals surface area contributed by atoms with E-state index >= 15 is 0 Å². The fourth-order valence-electron chi connectivity index (χ4n) is 0.792. The van der Waals surface area contributed by atoms with Crippen LogP contribution in [0, 0.1) is 0 Å². The smallest absolute Gasteiger partial charge is 0.394 e. The van der Waals surface area contributed by atoms with Gasteiger partial charge in [-0.05, 0) is 12.8 Å². The van der Waals surface area contributed by atoms with Crippen molar-refractivity contribution in [2.45, 2.75) is 32.6 Å². The predicted molar refractivity (Wildman–Crippen MR) is 49.1 cm³/mol. The molecule has 4 nitrogen and oxygen atoms in total. The molecule has 0 spiro atoms. The molecule has 0 aliphatic rings. The Labute approximate surface area is 77.6 Å². The Morgan fingerprint density at radius 1 is 1.38 bits per heavy atom. The van der Waals surface area contributed by atoms with Gasteiger partial charge in [0.05, 0.1) is 0 Å². The highest BCUT2D eigenvalue weighted by molar-refractivity contribution is 6.31. The van der Waals surface area contributed by atoms with Crippen molar-refractivity contribution in [3.63, 3.8) is 0 Å². The second kappa shape index (κ2) is 7.34. The molecule has 0 rings (SSSR count). The van der Waals surface area contributed by atoms with Crippen molar-refractivity contribution in [3.8, 4) is 0 Å². The summed E-state index contributed by atoms with van der Waals surface area (Å²) in [6.07, 6.45) is 7.37. The third kappa shape index (κ3) is 7.05. The van der Waals surface area contributed by atoms with Crippen molar-refractivity contribution in [2.75, 3.05) is 0 Å². The van der Waals surface area contributed by atoms with E-state index in [2.05, 4.69) is 12.2 Å². The van der Waals surface area contributed by atoms with Gasteiger partial charge >= 0.3 is 11.9 Å². The molecule has 0 atom stereocenters. The van der Waals surface area contributed by atoms with Gasteiger partial charge in [-0.2, -0.15) is 0 Å². The number of hydrogen-bond donors (Lipinski definition) is 2. The molecule has 1 amide bonds. The standard InChI is InChI=1S/C9H15NO3/c1-2-3-4-5-6-7-10-8(11)9(12)13/h6-7H,2-5H2,1H3,(H,10,11)(H,12,13)/b7-6+. The summed E-state index contributed by atoms with van der Waals surface area (Å²) in [5, 5.41) is 10.3. The van der Waals surface area contributed by atoms with Crippen LogP contribution in [-0.2, 0) is 9.59 Å². The van der Waals surface area contributed by atoms with Crippen LogP contribution < -0.4 is 5.32 Å². The first-order valence-electron chi connectivity index (χ1n) is 4.37. The molecule has 4 heteroatoms. The molecule has 0 radical (unpaired) electrons. The van der Waals surface area contributed by atoms with Crippen molar-refractivity contribution in [1.29, 1.82) is 0 Å². The van der Waals surface area contributed by atoms with E-state index in [1.54, 1.807) is 6.08 Å². The second-order valence-electron chi connectivity index (χ2n) is 2.68. The topological polar surface area (TPSA) is 66.4 Å². The third-order valence-corrected chi connectivity index (χ3v) is 1.50. The number of aliphatic carboxylic acids is 1. The maximum Gasteiger partial charge on any atom is 0.394 e. The van der Waals surface area contributed by atoms with E-state index in [-0.39, 0.29) is 0 Å². The van der Waals surface area contributed by atoms with Crippen molar-refractivity contribution in [2.24, 2.45) is 0 Å². The van der Waals surface area contributed by atoms with Crippen molar-refractivity contribution >= 4 is 11.9 Å². The van der Waals surface area contributed by atoms with Crippen LogP contribution in [0.1, 0.15) is 32.6 Å². The third-order valence-electron chi connectivity index (χ3n) is 1.50. The molecule has 0 aliphatic heterocycles. The quantitative estimate of drug-likeness (QED) is 0.501. The van der Waals surface area contributed by atoms with Crippen LogP contribution in [0.25, 0.3) is 0 Å². The Hall–Kier alpha value is -1.32. The van der Waals surface area contributed by atoms with E-state index in [4.69, 9.17) is 5.11 Å². The van der Waals surface area contributed by atoms with Crippen LogP contribution in [0.15, 0.2) is 12.3 Å². The highest BCUT2D eigenvalue weighted by Crippen LogP contribution is 1.98. The van der Waals surface area contributed by atoms with Crippen LogP contribution in [-0.4, -0.2) is 17.0 Å². The Balaban J connectivity index is 3.41. The molecule has 74 valence electrons. The Morgan fingerprint density at radius 3 is 2.62 bits per heavy atom. The Bertz CT molecular complexity index is 199. The van der Waals surface area contributed by atoms with Crippen molar-refractivity contribution in [1.82, 2.24) is 5.32 Å². The number of amides is 1. The lowest BCUT2D eigenvalue weighted by atomic mass is 10.2. The molecule has 2 N–H and O–H groups in total. The number of carbonyl (C=O) groups is 2. The van der Waals surface area contributed by atoms with Gasteiger partial charge in [-0.3, -0.25) is 4.79 Å². The van der Waals surface area contributed by atoms with E-state index in [0.717, 1.165) is 25.7 Å². The Morgan fingerprint density at radius 2 is 2.08 bits per heavy atom. The van der Waals surface area contributed by atoms with Gasteiger partial charge in [-0.25, -0.2) is 4.79 Å². The van der Waals surface area contributed by atoms with Crippen LogP contribution in [0.5, 0.6) is 0 Å².